The maximum absolute atomic E-state index is 6.25. The van der Waals surface area contributed by atoms with Crippen LogP contribution in [0.3, 0.4) is 0 Å². The smallest absolute Gasteiger partial charge is 0.0907 e. The summed E-state index contributed by atoms with van der Waals surface area (Å²) in [6.45, 7) is 8.90. The number of aryl methyl sites for hydroxylation is 1. The number of aromatic nitrogens is 1. The highest BCUT2D eigenvalue weighted by atomic mass is 32.1. The number of nitrogens with two attached hydrogens (primary N) is 1. The minimum absolute atomic E-state index is 0.732. The van der Waals surface area contributed by atoms with E-state index in [0.717, 1.165) is 46.8 Å². The number of benzene rings is 1. The molecule has 1 fully saturated rings. The van der Waals surface area contributed by atoms with E-state index in [1.807, 2.05) is 6.92 Å². The lowest BCUT2D eigenvalue weighted by Crippen LogP contribution is -2.39. The summed E-state index contributed by atoms with van der Waals surface area (Å²) >= 11 is 1.71. The summed E-state index contributed by atoms with van der Waals surface area (Å²) in [7, 11) is 0. The summed E-state index contributed by atoms with van der Waals surface area (Å²) in [5, 5.41) is 1.10. The number of anilines is 2. The summed E-state index contributed by atoms with van der Waals surface area (Å²) < 4.78 is 1.19. The van der Waals surface area contributed by atoms with Crippen LogP contribution < -0.4 is 10.6 Å². The first-order chi connectivity index (χ1) is 9.02. The number of thiazole rings is 1. The zero-order chi connectivity index (χ0) is 13.6. The standard InChI is InChI=1S/C15H21N3S/c1-9-4-10(2)8-18(7-9)14-6-13-15(5-12(14)16)19-11(3)17-13/h5-6,9-10H,4,7-8,16H2,1-3H3. The van der Waals surface area contributed by atoms with E-state index in [-0.39, 0.29) is 0 Å². The topological polar surface area (TPSA) is 42.2 Å². The minimum Gasteiger partial charge on any atom is -0.397 e. The molecule has 0 radical (unpaired) electrons. The first kappa shape index (κ1) is 12.7. The lowest BCUT2D eigenvalue weighted by Gasteiger charge is -2.37. The first-order valence-electron chi connectivity index (χ1n) is 6.94. The molecule has 2 N–H and O–H groups in total. The Labute approximate surface area is 118 Å². The van der Waals surface area contributed by atoms with E-state index in [4.69, 9.17) is 5.73 Å². The van der Waals surface area contributed by atoms with Gasteiger partial charge in [-0.25, -0.2) is 4.98 Å². The lowest BCUT2D eigenvalue weighted by atomic mass is 9.91. The summed E-state index contributed by atoms with van der Waals surface area (Å²) in [5.41, 5.74) is 9.39. The zero-order valence-electron chi connectivity index (χ0n) is 11.8. The van der Waals surface area contributed by atoms with E-state index in [9.17, 15) is 0 Å². The minimum atomic E-state index is 0.732. The second kappa shape index (κ2) is 4.67. The van der Waals surface area contributed by atoms with Crippen molar-refractivity contribution in [3.8, 4) is 0 Å². The molecule has 1 aromatic carbocycles. The van der Waals surface area contributed by atoms with Crippen molar-refractivity contribution in [2.45, 2.75) is 27.2 Å². The normalized spacial score (nSPS) is 24.1. The molecule has 2 unspecified atom stereocenters. The second-order valence-electron chi connectivity index (χ2n) is 5.96. The summed E-state index contributed by atoms with van der Waals surface area (Å²) in [4.78, 5) is 7.02. The molecule has 1 aliphatic rings. The molecular formula is C15H21N3S. The number of nitrogens with zero attached hydrogens (tertiary/aromatic N) is 2. The molecule has 3 nitrogen and oxygen atoms in total. The van der Waals surface area contributed by atoms with Crippen LogP contribution in [0, 0.1) is 18.8 Å². The molecule has 2 heterocycles. The van der Waals surface area contributed by atoms with Crippen LogP contribution in [-0.2, 0) is 0 Å². The quantitative estimate of drug-likeness (QED) is 0.807. The van der Waals surface area contributed by atoms with Crippen LogP contribution in [-0.4, -0.2) is 18.1 Å². The second-order valence-corrected chi connectivity index (χ2v) is 7.20. The van der Waals surface area contributed by atoms with Gasteiger partial charge in [0.2, 0.25) is 0 Å². The summed E-state index contributed by atoms with van der Waals surface area (Å²) in [5.74, 6) is 1.46. The molecule has 0 bridgehead atoms. The van der Waals surface area contributed by atoms with E-state index in [1.54, 1.807) is 11.3 Å². The first-order valence-corrected chi connectivity index (χ1v) is 7.76. The van der Waals surface area contributed by atoms with Gasteiger partial charge in [0, 0.05) is 13.1 Å². The third-order valence-electron chi connectivity index (χ3n) is 3.85. The van der Waals surface area contributed by atoms with Crippen LogP contribution in [0.1, 0.15) is 25.3 Å². The number of piperidine rings is 1. The van der Waals surface area contributed by atoms with Gasteiger partial charge in [-0.3, -0.25) is 0 Å². The number of fused-ring (bicyclic) bond motifs is 1. The number of rotatable bonds is 1. The fourth-order valence-corrected chi connectivity index (χ4v) is 4.08. The van der Waals surface area contributed by atoms with Gasteiger partial charge >= 0.3 is 0 Å². The predicted octanol–water partition coefficient (Wildman–Crippen LogP) is 3.67. The molecule has 3 rings (SSSR count). The highest BCUT2D eigenvalue weighted by Gasteiger charge is 2.23. The van der Waals surface area contributed by atoms with Crippen molar-refractivity contribution in [2.75, 3.05) is 23.7 Å². The maximum atomic E-state index is 6.25. The SMILES string of the molecule is Cc1nc2cc(N3CC(C)CC(C)C3)c(N)cc2s1. The van der Waals surface area contributed by atoms with Gasteiger partial charge in [-0.1, -0.05) is 13.8 Å². The van der Waals surface area contributed by atoms with E-state index in [1.165, 1.54) is 11.1 Å². The fraction of sp³-hybridized carbons (Fsp3) is 0.533. The van der Waals surface area contributed by atoms with Crippen LogP contribution in [0.4, 0.5) is 11.4 Å². The summed E-state index contributed by atoms with van der Waals surface area (Å²) in [6, 6.07) is 4.25. The molecule has 0 aliphatic carbocycles. The lowest BCUT2D eigenvalue weighted by molar-refractivity contribution is 0.357. The Bertz CT molecular complexity index is 595. The Kier molecular flexibility index (Phi) is 3.13. The monoisotopic (exact) mass is 275 g/mol. The molecule has 2 atom stereocenters. The largest absolute Gasteiger partial charge is 0.397 e. The molecule has 4 heteroatoms. The van der Waals surface area contributed by atoms with Gasteiger partial charge in [-0.05, 0) is 37.3 Å². The van der Waals surface area contributed by atoms with Crippen LogP contribution in [0.25, 0.3) is 10.2 Å². The number of hydrogen-bond donors (Lipinski definition) is 1. The van der Waals surface area contributed by atoms with E-state index < -0.39 is 0 Å². The van der Waals surface area contributed by atoms with Crippen molar-refractivity contribution in [2.24, 2.45) is 11.8 Å². The number of nitrogen functional groups attached to an aromatic ring is 1. The van der Waals surface area contributed by atoms with Crippen LogP contribution in [0.5, 0.6) is 0 Å². The molecule has 1 saturated heterocycles. The average Bonchev–Trinajstić information content (AvgIpc) is 2.65. The van der Waals surface area contributed by atoms with E-state index >= 15 is 0 Å². The Morgan fingerprint density at radius 1 is 1.26 bits per heavy atom. The molecule has 1 aromatic heterocycles. The van der Waals surface area contributed by atoms with Gasteiger partial charge in [0.15, 0.2) is 0 Å². The van der Waals surface area contributed by atoms with Gasteiger partial charge in [0.05, 0.1) is 26.6 Å². The van der Waals surface area contributed by atoms with Crippen molar-refractivity contribution in [1.82, 2.24) is 4.98 Å². The molecular weight excluding hydrogens is 254 g/mol. The highest BCUT2D eigenvalue weighted by Crippen LogP contribution is 2.35. The highest BCUT2D eigenvalue weighted by molar-refractivity contribution is 7.18. The Morgan fingerprint density at radius 3 is 2.63 bits per heavy atom. The Balaban J connectivity index is 2.01. The zero-order valence-corrected chi connectivity index (χ0v) is 12.6. The van der Waals surface area contributed by atoms with Crippen LogP contribution in [0.15, 0.2) is 12.1 Å². The molecule has 0 amide bonds. The Hall–Kier alpha value is -1.29. The third kappa shape index (κ3) is 2.41. The van der Waals surface area contributed by atoms with Gasteiger partial charge in [-0.15, -0.1) is 11.3 Å². The van der Waals surface area contributed by atoms with Crippen molar-refractivity contribution >= 4 is 32.9 Å². The third-order valence-corrected chi connectivity index (χ3v) is 4.79. The Morgan fingerprint density at radius 2 is 1.95 bits per heavy atom. The van der Waals surface area contributed by atoms with Gasteiger partial charge in [0.25, 0.3) is 0 Å². The van der Waals surface area contributed by atoms with Crippen molar-refractivity contribution in [3.05, 3.63) is 17.1 Å². The van der Waals surface area contributed by atoms with Crippen molar-refractivity contribution in [3.63, 3.8) is 0 Å². The molecule has 19 heavy (non-hydrogen) atoms. The van der Waals surface area contributed by atoms with E-state index in [2.05, 4.69) is 35.9 Å². The average molecular weight is 275 g/mol. The van der Waals surface area contributed by atoms with Crippen molar-refractivity contribution in [1.29, 1.82) is 0 Å². The fourth-order valence-electron chi connectivity index (χ4n) is 3.23. The molecule has 1 aliphatic heterocycles. The molecule has 102 valence electrons. The maximum Gasteiger partial charge on any atom is 0.0907 e. The summed E-state index contributed by atoms with van der Waals surface area (Å²) in [6.07, 6.45) is 1.31. The van der Waals surface area contributed by atoms with E-state index in [0.29, 0.717) is 0 Å². The van der Waals surface area contributed by atoms with Crippen molar-refractivity contribution < 1.29 is 0 Å². The molecule has 2 aromatic rings. The predicted molar refractivity (Wildman–Crippen MR) is 83.9 cm³/mol. The number of hydrogen-bond acceptors (Lipinski definition) is 4. The van der Waals surface area contributed by atoms with Gasteiger partial charge in [0.1, 0.15) is 0 Å². The van der Waals surface area contributed by atoms with Gasteiger partial charge < -0.3 is 10.6 Å². The van der Waals surface area contributed by atoms with Crippen LogP contribution in [0.2, 0.25) is 0 Å². The molecule has 0 saturated carbocycles. The van der Waals surface area contributed by atoms with Gasteiger partial charge in [-0.2, -0.15) is 0 Å². The molecule has 0 spiro atoms. The van der Waals surface area contributed by atoms with Crippen LogP contribution >= 0.6 is 11.3 Å².